The summed E-state index contributed by atoms with van der Waals surface area (Å²) >= 11 is 0. The van der Waals surface area contributed by atoms with Crippen molar-refractivity contribution in [3.05, 3.63) is 0 Å². The average Bonchev–Trinajstić information content (AvgIpc) is 2.25. The summed E-state index contributed by atoms with van der Waals surface area (Å²) in [5.41, 5.74) is -0.455. The first kappa shape index (κ1) is 12.9. The van der Waals surface area contributed by atoms with Gasteiger partial charge in [-0.3, -0.25) is 0 Å². The zero-order valence-electron chi connectivity index (χ0n) is 9.91. The minimum absolute atomic E-state index is 0.245. The number of nitrogens with zero attached hydrogens (tertiary/aromatic N) is 1. The largest absolute Gasteiger partial charge is 0.396 e. The molecule has 90 valence electrons. The number of likely N-dealkylation sites (N-methyl/N-ethyl adjacent to an activating group) is 1. The smallest absolute Gasteiger partial charge is 0.0774 e. The molecule has 0 heterocycles. The Morgan fingerprint density at radius 1 is 1.20 bits per heavy atom. The van der Waals surface area contributed by atoms with E-state index in [2.05, 4.69) is 11.8 Å². The Hall–Kier alpha value is -0.120. The molecule has 1 saturated carbocycles. The molecule has 0 atom stereocenters. The van der Waals surface area contributed by atoms with E-state index in [4.69, 9.17) is 5.11 Å². The van der Waals surface area contributed by atoms with Crippen molar-refractivity contribution in [3.63, 3.8) is 0 Å². The van der Waals surface area contributed by atoms with E-state index in [0.717, 1.165) is 51.7 Å². The third-order valence-electron chi connectivity index (χ3n) is 3.38. The van der Waals surface area contributed by atoms with Crippen LogP contribution in [0.25, 0.3) is 0 Å². The number of rotatable bonds is 6. The van der Waals surface area contributed by atoms with Crippen molar-refractivity contribution < 1.29 is 10.2 Å². The van der Waals surface area contributed by atoms with Crippen LogP contribution >= 0.6 is 0 Å². The highest BCUT2D eigenvalue weighted by Gasteiger charge is 2.30. The third kappa shape index (κ3) is 4.49. The molecule has 3 nitrogen and oxygen atoms in total. The highest BCUT2D eigenvalue weighted by Crippen LogP contribution is 2.28. The van der Waals surface area contributed by atoms with E-state index in [-0.39, 0.29) is 6.61 Å². The van der Waals surface area contributed by atoms with E-state index < -0.39 is 5.60 Å². The summed E-state index contributed by atoms with van der Waals surface area (Å²) in [5, 5.41) is 19.2. The van der Waals surface area contributed by atoms with E-state index in [0.29, 0.717) is 0 Å². The second-order valence-electron chi connectivity index (χ2n) is 4.73. The van der Waals surface area contributed by atoms with Crippen molar-refractivity contribution in [2.75, 3.05) is 26.2 Å². The second kappa shape index (κ2) is 6.46. The van der Waals surface area contributed by atoms with Gasteiger partial charge in [0.15, 0.2) is 0 Å². The van der Waals surface area contributed by atoms with Crippen LogP contribution in [-0.2, 0) is 0 Å². The summed E-state index contributed by atoms with van der Waals surface area (Å²) in [4.78, 5) is 2.25. The van der Waals surface area contributed by atoms with Gasteiger partial charge in [-0.1, -0.05) is 26.2 Å². The predicted molar refractivity (Wildman–Crippen MR) is 61.9 cm³/mol. The van der Waals surface area contributed by atoms with E-state index in [1.807, 2.05) is 0 Å². The Labute approximate surface area is 93.1 Å². The lowest BCUT2D eigenvalue weighted by Gasteiger charge is -2.36. The fraction of sp³-hybridized carbons (Fsp3) is 1.00. The van der Waals surface area contributed by atoms with Gasteiger partial charge >= 0.3 is 0 Å². The van der Waals surface area contributed by atoms with Crippen molar-refractivity contribution in [2.24, 2.45) is 0 Å². The maximum atomic E-state index is 10.4. The van der Waals surface area contributed by atoms with Crippen LogP contribution in [0, 0.1) is 0 Å². The number of aliphatic hydroxyl groups excluding tert-OH is 1. The first-order valence-electron chi connectivity index (χ1n) is 6.26. The molecule has 0 bridgehead atoms. The Balaban J connectivity index is 2.34. The van der Waals surface area contributed by atoms with Crippen LogP contribution in [0.15, 0.2) is 0 Å². The van der Waals surface area contributed by atoms with Gasteiger partial charge in [0.1, 0.15) is 0 Å². The number of hydrogen-bond donors (Lipinski definition) is 2. The van der Waals surface area contributed by atoms with Gasteiger partial charge in [0.25, 0.3) is 0 Å². The summed E-state index contributed by atoms with van der Waals surface area (Å²) in [7, 11) is 0. The molecule has 2 N–H and O–H groups in total. The SMILES string of the molecule is CCN(CCCO)CC1(O)CCCCC1. The minimum atomic E-state index is -0.455. The molecule has 0 unspecified atom stereocenters. The normalized spacial score (nSPS) is 20.8. The summed E-state index contributed by atoms with van der Waals surface area (Å²) in [6.07, 6.45) is 6.29. The molecule has 0 aromatic heterocycles. The first-order chi connectivity index (χ1) is 7.20. The Morgan fingerprint density at radius 2 is 1.87 bits per heavy atom. The van der Waals surface area contributed by atoms with Crippen LogP contribution in [0.1, 0.15) is 45.4 Å². The highest BCUT2D eigenvalue weighted by atomic mass is 16.3. The second-order valence-corrected chi connectivity index (χ2v) is 4.73. The quantitative estimate of drug-likeness (QED) is 0.703. The van der Waals surface area contributed by atoms with E-state index in [1.165, 1.54) is 6.42 Å². The highest BCUT2D eigenvalue weighted by molar-refractivity contribution is 4.85. The molecular formula is C12H25NO2. The van der Waals surface area contributed by atoms with Gasteiger partial charge in [-0.15, -0.1) is 0 Å². The maximum absolute atomic E-state index is 10.4. The van der Waals surface area contributed by atoms with E-state index in [9.17, 15) is 5.11 Å². The zero-order chi connectivity index (χ0) is 11.1. The zero-order valence-corrected chi connectivity index (χ0v) is 9.91. The molecule has 0 radical (unpaired) electrons. The molecule has 1 rings (SSSR count). The third-order valence-corrected chi connectivity index (χ3v) is 3.38. The van der Waals surface area contributed by atoms with Crippen molar-refractivity contribution in [3.8, 4) is 0 Å². The molecule has 0 aromatic carbocycles. The average molecular weight is 215 g/mol. The standard InChI is InChI=1S/C12H25NO2/c1-2-13(9-6-10-14)11-12(15)7-4-3-5-8-12/h14-15H,2-11H2,1H3. The van der Waals surface area contributed by atoms with Crippen LogP contribution < -0.4 is 0 Å². The van der Waals surface area contributed by atoms with Crippen LogP contribution in [0.3, 0.4) is 0 Å². The van der Waals surface area contributed by atoms with E-state index >= 15 is 0 Å². The Morgan fingerprint density at radius 3 is 2.40 bits per heavy atom. The predicted octanol–water partition coefficient (Wildman–Crippen LogP) is 1.39. The lowest BCUT2D eigenvalue weighted by Crippen LogP contribution is -2.44. The molecular weight excluding hydrogens is 190 g/mol. The molecule has 0 saturated heterocycles. The van der Waals surface area contributed by atoms with Crippen molar-refractivity contribution >= 4 is 0 Å². The number of hydrogen-bond acceptors (Lipinski definition) is 3. The maximum Gasteiger partial charge on any atom is 0.0774 e. The molecule has 1 aliphatic rings. The Kier molecular flexibility index (Phi) is 5.58. The topological polar surface area (TPSA) is 43.7 Å². The van der Waals surface area contributed by atoms with Gasteiger partial charge < -0.3 is 15.1 Å². The summed E-state index contributed by atoms with van der Waals surface area (Å²) < 4.78 is 0. The lowest BCUT2D eigenvalue weighted by atomic mass is 9.84. The molecule has 0 spiro atoms. The summed E-state index contributed by atoms with van der Waals surface area (Å²) in [5.74, 6) is 0. The van der Waals surface area contributed by atoms with Gasteiger partial charge in [-0.25, -0.2) is 0 Å². The van der Waals surface area contributed by atoms with Crippen molar-refractivity contribution in [2.45, 2.75) is 51.0 Å². The summed E-state index contributed by atoms with van der Waals surface area (Å²) in [6, 6.07) is 0. The fourth-order valence-electron chi connectivity index (χ4n) is 2.43. The molecule has 0 aliphatic heterocycles. The van der Waals surface area contributed by atoms with Gasteiger partial charge in [-0.2, -0.15) is 0 Å². The van der Waals surface area contributed by atoms with Gasteiger partial charge in [0, 0.05) is 19.7 Å². The van der Waals surface area contributed by atoms with Crippen LogP contribution in [0.2, 0.25) is 0 Å². The summed E-state index contributed by atoms with van der Waals surface area (Å²) in [6.45, 7) is 5.00. The molecule has 3 heteroatoms. The number of aliphatic hydroxyl groups is 2. The molecule has 0 aromatic rings. The van der Waals surface area contributed by atoms with Crippen LogP contribution in [0.4, 0.5) is 0 Å². The van der Waals surface area contributed by atoms with Crippen molar-refractivity contribution in [1.82, 2.24) is 4.90 Å². The van der Waals surface area contributed by atoms with Gasteiger partial charge in [0.05, 0.1) is 5.60 Å². The monoisotopic (exact) mass is 215 g/mol. The van der Waals surface area contributed by atoms with Crippen LogP contribution in [-0.4, -0.2) is 47.0 Å². The molecule has 1 aliphatic carbocycles. The van der Waals surface area contributed by atoms with Gasteiger partial charge in [0.2, 0.25) is 0 Å². The van der Waals surface area contributed by atoms with Gasteiger partial charge in [-0.05, 0) is 25.8 Å². The van der Waals surface area contributed by atoms with Crippen LogP contribution in [0.5, 0.6) is 0 Å². The van der Waals surface area contributed by atoms with Crippen molar-refractivity contribution in [1.29, 1.82) is 0 Å². The lowest BCUT2D eigenvalue weighted by molar-refractivity contribution is -0.0260. The Bertz CT molecular complexity index is 167. The molecule has 15 heavy (non-hydrogen) atoms. The first-order valence-corrected chi connectivity index (χ1v) is 6.26. The minimum Gasteiger partial charge on any atom is -0.396 e. The molecule has 0 amide bonds. The fourth-order valence-corrected chi connectivity index (χ4v) is 2.43. The van der Waals surface area contributed by atoms with E-state index in [1.54, 1.807) is 0 Å². The molecule has 1 fully saturated rings.